The van der Waals surface area contributed by atoms with E-state index in [-0.39, 0.29) is 17.8 Å². The van der Waals surface area contributed by atoms with Crippen LogP contribution in [0, 0.1) is 0 Å². The molecule has 5 heteroatoms. The molecule has 1 rings (SSSR count). The predicted molar refractivity (Wildman–Crippen MR) is 80.9 cm³/mol. The number of nitrogens with zero attached hydrogens (tertiary/aromatic N) is 2. The van der Waals surface area contributed by atoms with Crippen LogP contribution in [0.15, 0.2) is 24.3 Å². The van der Waals surface area contributed by atoms with Crippen LogP contribution in [0.2, 0.25) is 0 Å². The number of urea groups is 1. The SMILES string of the molecule is CCN(CCN(C)C)C(=O)N[C@@H](C)c1ccc(O)cc1. The summed E-state index contributed by atoms with van der Waals surface area (Å²) in [6.45, 7) is 6.14. The first-order valence-electron chi connectivity index (χ1n) is 6.93. The van der Waals surface area contributed by atoms with E-state index in [0.717, 1.165) is 12.1 Å². The summed E-state index contributed by atoms with van der Waals surface area (Å²) in [5.41, 5.74) is 0.972. The Hall–Kier alpha value is -1.75. The van der Waals surface area contributed by atoms with Gasteiger partial charge >= 0.3 is 6.03 Å². The Balaban J connectivity index is 2.56. The van der Waals surface area contributed by atoms with Gasteiger partial charge < -0.3 is 20.2 Å². The molecule has 5 nitrogen and oxygen atoms in total. The third-order valence-corrected chi connectivity index (χ3v) is 3.22. The van der Waals surface area contributed by atoms with E-state index in [1.54, 1.807) is 17.0 Å². The van der Waals surface area contributed by atoms with Crippen molar-refractivity contribution in [3.63, 3.8) is 0 Å². The van der Waals surface area contributed by atoms with E-state index in [9.17, 15) is 9.90 Å². The molecule has 0 aliphatic heterocycles. The first-order valence-corrected chi connectivity index (χ1v) is 6.93. The number of phenols is 1. The Morgan fingerprint density at radius 3 is 2.35 bits per heavy atom. The lowest BCUT2D eigenvalue weighted by molar-refractivity contribution is 0.191. The van der Waals surface area contributed by atoms with E-state index in [1.165, 1.54) is 0 Å². The number of carbonyl (C=O) groups is 1. The molecular weight excluding hydrogens is 254 g/mol. The van der Waals surface area contributed by atoms with Crippen LogP contribution in [0.3, 0.4) is 0 Å². The van der Waals surface area contributed by atoms with Crippen molar-refractivity contribution in [2.24, 2.45) is 0 Å². The molecule has 1 atom stereocenters. The van der Waals surface area contributed by atoms with Crippen molar-refractivity contribution in [2.45, 2.75) is 19.9 Å². The normalized spacial score (nSPS) is 12.2. The van der Waals surface area contributed by atoms with Crippen molar-refractivity contribution in [3.8, 4) is 5.75 Å². The average Bonchev–Trinajstić information content (AvgIpc) is 2.39. The van der Waals surface area contributed by atoms with Crippen molar-refractivity contribution in [1.29, 1.82) is 0 Å². The summed E-state index contributed by atoms with van der Waals surface area (Å²) >= 11 is 0. The molecule has 0 unspecified atom stereocenters. The standard InChI is InChI=1S/C15H25N3O2/c1-5-18(11-10-17(3)4)15(20)16-12(2)13-6-8-14(19)9-7-13/h6-9,12,19H,5,10-11H2,1-4H3,(H,16,20)/t12-/m0/s1. The lowest BCUT2D eigenvalue weighted by Gasteiger charge is -2.25. The molecule has 0 bridgehead atoms. The molecule has 112 valence electrons. The molecule has 0 saturated carbocycles. The molecule has 0 aromatic heterocycles. The first kappa shape index (κ1) is 16.3. The molecule has 0 aliphatic rings. The second-order valence-corrected chi connectivity index (χ2v) is 5.15. The molecule has 0 saturated heterocycles. The highest BCUT2D eigenvalue weighted by molar-refractivity contribution is 5.74. The summed E-state index contributed by atoms with van der Waals surface area (Å²) < 4.78 is 0. The van der Waals surface area contributed by atoms with Gasteiger partial charge in [0.15, 0.2) is 0 Å². The topological polar surface area (TPSA) is 55.8 Å². The van der Waals surface area contributed by atoms with Crippen molar-refractivity contribution < 1.29 is 9.90 Å². The van der Waals surface area contributed by atoms with Gasteiger partial charge in [0.25, 0.3) is 0 Å². The molecule has 2 amide bonds. The minimum atomic E-state index is -0.0866. The minimum absolute atomic E-state index is 0.0603. The van der Waals surface area contributed by atoms with E-state index >= 15 is 0 Å². The number of likely N-dealkylation sites (N-methyl/N-ethyl adjacent to an activating group) is 2. The van der Waals surface area contributed by atoms with E-state index in [0.29, 0.717) is 13.1 Å². The molecule has 1 aromatic rings. The number of amides is 2. The van der Waals surface area contributed by atoms with Crippen LogP contribution in [-0.2, 0) is 0 Å². The van der Waals surface area contributed by atoms with E-state index in [4.69, 9.17) is 0 Å². The van der Waals surface area contributed by atoms with Crippen LogP contribution in [0.1, 0.15) is 25.5 Å². The van der Waals surface area contributed by atoms with Gasteiger partial charge in [0.2, 0.25) is 0 Å². The zero-order chi connectivity index (χ0) is 15.1. The van der Waals surface area contributed by atoms with Gasteiger partial charge in [-0.25, -0.2) is 4.79 Å². The van der Waals surface area contributed by atoms with Gasteiger partial charge in [-0.3, -0.25) is 0 Å². The fraction of sp³-hybridized carbons (Fsp3) is 0.533. The lowest BCUT2D eigenvalue weighted by Crippen LogP contribution is -2.43. The molecule has 0 heterocycles. The smallest absolute Gasteiger partial charge is 0.317 e. The maximum absolute atomic E-state index is 12.2. The molecule has 20 heavy (non-hydrogen) atoms. The number of nitrogens with one attached hydrogen (secondary N) is 1. The fourth-order valence-corrected chi connectivity index (χ4v) is 1.85. The van der Waals surface area contributed by atoms with Crippen LogP contribution in [0.5, 0.6) is 5.75 Å². The van der Waals surface area contributed by atoms with Crippen LogP contribution in [0.25, 0.3) is 0 Å². The van der Waals surface area contributed by atoms with Crippen LogP contribution < -0.4 is 5.32 Å². The highest BCUT2D eigenvalue weighted by atomic mass is 16.3. The number of hydrogen-bond donors (Lipinski definition) is 2. The second-order valence-electron chi connectivity index (χ2n) is 5.15. The second kappa shape index (κ2) is 7.75. The zero-order valence-corrected chi connectivity index (χ0v) is 12.8. The zero-order valence-electron chi connectivity index (χ0n) is 12.8. The summed E-state index contributed by atoms with van der Waals surface area (Å²) in [6.07, 6.45) is 0. The van der Waals surface area contributed by atoms with Gasteiger partial charge in [0.1, 0.15) is 5.75 Å². The third-order valence-electron chi connectivity index (χ3n) is 3.22. The number of hydrogen-bond acceptors (Lipinski definition) is 3. The maximum atomic E-state index is 12.2. The quantitative estimate of drug-likeness (QED) is 0.838. The Morgan fingerprint density at radius 2 is 1.85 bits per heavy atom. The molecule has 0 spiro atoms. The largest absolute Gasteiger partial charge is 0.508 e. The number of rotatable bonds is 6. The maximum Gasteiger partial charge on any atom is 0.317 e. The van der Waals surface area contributed by atoms with Crippen molar-refractivity contribution in [1.82, 2.24) is 15.1 Å². The van der Waals surface area contributed by atoms with Crippen molar-refractivity contribution in [2.75, 3.05) is 33.7 Å². The average molecular weight is 279 g/mol. The summed E-state index contributed by atoms with van der Waals surface area (Å²) in [4.78, 5) is 16.0. The molecular formula is C15H25N3O2. The first-order chi connectivity index (χ1) is 9.43. The summed E-state index contributed by atoms with van der Waals surface area (Å²) in [5.74, 6) is 0.230. The third kappa shape index (κ3) is 5.09. The van der Waals surface area contributed by atoms with Gasteiger partial charge in [0.05, 0.1) is 6.04 Å². The van der Waals surface area contributed by atoms with Crippen LogP contribution in [0.4, 0.5) is 4.79 Å². The van der Waals surface area contributed by atoms with Crippen molar-refractivity contribution >= 4 is 6.03 Å². The molecule has 1 aromatic carbocycles. The van der Waals surface area contributed by atoms with Gasteiger partial charge in [-0.1, -0.05) is 12.1 Å². The highest BCUT2D eigenvalue weighted by Gasteiger charge is 2.15. The number of carbonyl (C=O) groups excluding carboxylic acids is 1. The predicted octanol–water partition coefficient (Wildman–Crippen LogP) is 2.05. The monoisotopic (exact) mass is 279 g/mol. The summed E-state index contributed by atoms with van der Waals surface area (Å²) in [6, 6.07) is 6.74. The van der Waals surface area contributed by atoms with Crippen molar-refractivity contribution in [3.05, 3.63) is 29.8 Å². The number of aromatic hydroxyl groups is 1. The van der Waals surface area contributed by atoms with Crippen LogP contribution in [-0.4, -0.2) is 54.7 Å². The Labute approximate surface area is 121 Å². The van der Waals surface area contributed by atoms with Gasteiger partial charge in [-0.2, -0.15) is 0 Å². The van der Waals surface area contributed by atoms with E-state index in [1.807, 2.05) is 40.1 Å². The van der Waals surface area contributed by atoms with Gasteiger partial charge in [-0.15, -0.1) is 0 Å². The lowest BCUT2D eigenvalue weighted by atomic mass is 10.1. The molecule has 0 radical (unpaired) electrons. The minimum Gasteiger partial charge on any atom is -0.508 e. The highest BCUT2D eigenvalue weighted by Crippen LogP contribution is 2.16. The fourth-order valence-electron chi connectivity index (χ4n) is 1.85. The summed E-state index contributed by atoms with van der Waals surface area (Å²) in [7, 11) is 3.98. The van der Waals surface area contributed by atoms with E-state index in [2.05, 4.69) is 10.2 Å². The Bertz CT molecular complexity index is 418. The molecule has 2 N–H and O–H groups in total. The number of phenolic OH excluding ortho intramolecular Hbond substituents is 1. The number of benzene rings is 1. The Morgan fingerprint density at radius 1 is 1.25 bits per heavy atom. The molecule has 0 aliphatic carbocycles. The van der Waals surface area contributed by atoms with Gasteiger partial charge in [-0.05, 0) is 45.6 Å². The summed E-state index contributed by atoms with van der Waals surface area (Å²) in [5, 5.41) is 12.2. The van der Waals surface area contributed by atoms with E-state index < -0.39 is 0 Å². The Kier molecular flexibility index (Phi) is 6.31. The molecule has 0 fully saturated rings. The van der Waals surface area contributed by atoms with Gasteiger partial charge in [0, 0.05) is 19.6 Å². The van der Waals surface area contributed by atoms with Crippen LogP contribution >= 0.6 is 0 Å².